The lowest BCUT2D eigenvalue weighted by molar-refractivity contribution is -0.138. The topological polar surface area (TPSA) is 52.0 Å². The molecule has 22 heavy (non-hydrogen) atoms. The van der Waals surface area contributed by atoms with Gasteiger partial charge in [-0.15, -0.1) is 11.8 Å². The highest BCUT2D eigenvalue weighted by Crippen LogP contribution is 2.48. The van der Waals surface area contributed by atoms with Crippen molar-refractivity contribution in [3.8, 4) is 0 Å². The Hall–Kier alpha value is -1.02. The summed E-state index contributed by atoms with van der Waals surface area (Å²) in [5.74, 6) is 0. The van der Waals surface area contributed by atoms with Gasteiger partial charge in [0.1, 0.15) is 0 Å². The van der Waals surface area contributed by atoms with E-state index >= 15 is 0 Å². The zero-order chi connectivity index (χ0) is 16.1. The normalized spacial score (nSPS) is 24.4. The van der Waals surface area contributed by atoms with Crippen LogP contribution in [0, 0.1) is 0 Å². The van der Waals surface area contributed by atoms with Gasteiger partial charge in [-0.3, -0.25) is 0 Å². The lowest BCUT2D eigenvalue weighted by Gasteiger charge is -2.30. The molecule has 2 aromatic carbocycles. The molecular weight excluding hydrogens is 377 g/mol. The van der Waals surface area contributed by atoms with Crippen LogP contribution in [-0.4, -0.2) is 5.37 Å². The van der Waals surface area contributed by atoms with E-state index in [0.29, 0.717) is 5.56 Å². The average molecular weight is 389 g/mol. The van der Waals surface area contributed by atoms with E-state index in [1.54, 1.807) is 6.07 Å². The van der Waals surface area contributed by atoms with Crippen LogP contribution in [-0.2, 0) is 11.7 Å². The smallest absolute Gasteiger partial charge is 0.317 e. The van der Waals surface area contributed by atoms with Crippen LogP contribution in [0.4, 0.5) is 13.2 Å². The third-order valence-corrected chi connectivity index (χ3v) is 5.71. The Morgan fingerprint density at radius 2 is 1.82 bits per heavy atom. The molecule has 0 amide bonds. The van der Waals surface area contributed by atoms with Crippen molar-refractivity contribution in [2.75, 3.05) is 0 Å². The van der Waals surface area contributed by atoms with E-state index in [4.69, 9.17) is 11.5 Å². The van der Waals surface area contributed by atoms with Crippen LogP contribution >= 0.6 is 27.7 Å². The Bertz CT molecular complexity index is 735. The molecule has 0 bridgehead atoms. The van der Waals surface area contributed by atoms with Gasteiger partial charge in [0.15, 0.2) is 0 Å². The number of rotatable bonds is 1. The maximum atomic E-state index is 13.1. The van der Waals surface area contributed by atoms with Crippen molar-refractivity contribution in [3.63, 3.8) is 0 Å². The van der Waals surface area contributed by atoms with E-state index in [-0.39, 0.29) is 4.47 Å². The third-order valence-electron chi connectivity index (χ3n) is 3.78. The summed E-state index contributed by atoms with van der Waals surface area (Å²) < 4.78 is 39.4. The van der Waals surface area contributed by atoms with E-state index in [0.717, 1.165) is 16.5 Å². The molecule has 1 aliphatic heterocycles. The largest absolute Gasteiger partial charge is 0.417 e. The van der Waals surface area contributed by atoms with Gasteiger partial charge >= 0.3 is 6.18 Å². The van der Waals surface area contributed by atoms with Crippen molar-refractivity contribution < 1.29 is 13.2 Å². The lowest BCUT2D eigenvalue weighted by Crippen LogP contribution is -2.49. The van der Waals surface area contributed by atoms with Crippen molar-refractivity contribution in [3.05, 3.63) is 63.6 Å². The molecule has 0 spiro atoms. The summed E-state index contributed by atoms with van der Waals surface area (Å²) in [6.45, 7) is 0. The van der Waals surface area contributed by atoms with E-state index in [2.05, 4.69) is 15.9 Å². The summed E-state index contributed by atoms with van der Waals surface area (Å²) in [7, 11) is 0. The molecule has 2 atom stereocenters. The zero-order valence-electron chi connectivity index (χ0n) is 11.2. The lowest BCUT2D eigenvalue weighted by atomic mass is 9.83. The first kappa shape index (κ1) is 15.9. The maximum Gasteiger partial charge on any atom is 0.417 e. The minimum Gasteiger partial charge on any atom is -0.317 e. The summed E-state index contributed by atoms with van der Waals surface area (Å²) in [5, 5.41) is -0.549. The fraction of sp³-hybridized carbons (Fsp3) is 0.200. The quantitative estimate of drug-likeness (QED) is 0.774. The van der Waals surface area contributed by atoms with E-state index in [9.17, 15) is 13.2 Å². The van der Waals surface area contributed by atoms with Gasteiger partial charge in [0.05, 0.1) is 16.5 Å². The van der Waals surface area contributed by atoms with Gasteiger partial charge < -0.3 is 11.5 Å². The average Bonchev–Trinajstić information content (AvgIpc) is 2.71. The number of halogens is 4. The van der Waals surface area contributed by atoms with Gasteiger partial charge in [-0.2, -0.15) is 13.2 Å². The first-order chi connectivity index (χ1) is 10.2. The van der Waals surface area contributed by atoms with E-state index in [1.165, 1.54) is 17.8 Å². The number of alkyl halides is 3. The number of fused-ring (bicyclic) bond motifs is 1. The Balaban J connectivity index is 2.19. The predicted octanol–water partition coefficient (Wildman–Crippen LogP) is 4.06. The molecule has 0 saturated heterocycles. The van der Waals surface area contributed by atoms with Crippen LogP contribution in [0.2, 0.25) is 0 Å². The second kappa shape index (κ2) is 5.26. The number of hydrogen-bond acceptors (Lipinski definition) is 3. The molecule has 0 radical (unpaired) electrons. The van der Waals surface area contributed by atoms with E-state index < -0.39 is 22.7 Å². The molecule has 4 N–H and O–H groups in total. The highest BCUT2D eigenvalue weighted by Gasteiger charge is 2.45. The number of thioether (sulfide) groups is 1. The molecule has 116 valence electrons. The molecular formula is C15H12BrF3N2S. The minimum absolute atomic E-state index is 0.0140. The van der Waals surface area contributed by atoms with Gasteiger partial charge in [-0.05, 0) is 29.3 Å². The van der Waals surface area contributed by atoms with Crippen LogP contribution < -0.4 is 11.5 Å². The van der Waals surface area contributed by atoms with Crippen molar-refractivity contribution in [2.24, 2.45) is 11.5 Å². The standard InChI is InChI=1S/C15H12BrF3N2S/c16-11-6-5-8(7-10(11)15(17,18)19)14(21)9-3-1-2-4-12(9)22-13(14)20/h1-7,13H,20-21H2. The Morgan fingerprint density at radius 3 is 2.50 bits per heavy atom. The molecule has 0 aromatic heterocycles. The van der Waals surface area contributed by atoms with Gasteiger partial charge in [0, 0.05) is 9.37 Å². The molecule has 0 fully saturated rings. The van der Waals surface area contributed by atoms with E-state index in [1.807, 2.05) is 24.3 Å². The van der Waals surface area contributed by atoms with Gasteiger partial charge in [-0.1, -0.05) is 40.2 Å². The van der Waals surface area contributed by atoms with Gasteiger partial charge in [0.25, 0.3) is 0 Å². The minimum atomic E-state index is -4.46. The first-order valence-corrected chi connectivity index (χ1v) is 8.09. The molecule has 7 heteroatoms. The highest BCUT2D eigenvalue weighted by molar-refractivity contribution is 9.10. The molecule has 0 saturated carbocycles. The van der Waals surface area contributed by atoms with Crippen LogP contribution in [0.25, 0.3) is 0 Å². The number of hydrogen-bond donors (Lipinski definition) is 2. The summed E-state index contributed by atoms with van der Waals surface area (Å²) in [6, 6.07) is 11.4. The molecule has 1 heterocycles. The zero-order valence-corrected chi connectivity index (χ0v) is 13.6. The molecule has 2 unspecified atom stereocenters. The summed E-state index contributed by atoms with van der Waals surface area (Å²) in [6.07, 6.45) is -4.46. The van der Waals surface area contributed by atoms with Crippen molar-refractivity contribution in [1.82, 2.24) is 0 Å². The molecule has 2 nitrogen and oxygen atoms in total. The summed E-state index contributed by atoms with van der Waals surface area (Å²) in [4.78, 5) is 0.897. The third kappa shape index (κ3) is 2.36. The second-order valence-electron chi connectivity index (χ2n) is 5.10. The maximum absolute atomic E-state index is 13.1. The Labute approximate surface area is 138 Å². The molecule has 1 aliphatic rings. The Kier molecular flexibility index (Phi) is 3.79. The molecule has 2 aromatic rings. The van der Waals surface area contributed by atoms with Crippen molar-refractivity contribution in [2.45, 2.75) is 22.0 Å². The molecule has 0 aliphatic carbocycles. The Morgan fingerprint density at radius 1 is 1.14 bits per heavy atom. The van der Waals surface area contributed by atoms with Crippen LogP contribution in [0.3, 0.4) is 0 Å². The number of nitrogens with two attached hydrogens (primary N) is 2. The van der Waals surface area contributed by atoms with Crippen LogP contribution in [0.1, 0.15) is 16.7 Å². The van der Waals surface area contributed by atoms with Crippen molar-refractivity contribution in [1.29, 1.82) is 0 Å². The van der Waals surface area contributed by atoms with Crippen LogP contribution in [0.5, 0.6) is 0 Å². The fourth-order valence-corrected chi connectivity index (χ4v) is 4.33. The first-order valence-electron chi connectivity index (χ1n) is 6.42. The summed E-state index contributed by atoms with van der Waals surface area (Å²) in [5.41, 5.74) is 11.8. The second-order valence-corrected chi connectivity index (χ2v) is 7.13. The van der Waals surface area contributed by atoms with Crippen LogP contribution in [0.15, 0.2) is 51.8 Å². The monoisotopic (exact) mass is 388 g/mol. The number of benzene rings is 2. The highest BCUT2D eigenvalue weighted by atomic mass is 79.9. The van der Waals surface area contributed by atoms with Gasteiger partial charge in [0.2, 0.25) is 0 Å². The van der Waals surface area contributed by atoms with Gasteiger partial charge in [-0.25, -0.2) is 0 Å². The predicted molar refractivity (Wildman–Crippen MR) is 84.4 cm³/mol. The molecule has 3 rings (SSSR count). The van der Waals surface area contributed by atoms with Crippen molar-refractivity contribution >= 4 is 27.7 Å². The fourth-order valence-electron chi connectivity index (χ4n) is 2.61. The summed E-state index contributed by atoms with van der Waals surface area (Å²) >= 11 is 4.31. The SMILES string of the molecule is NC1Sc2ccccc2C1(N)c1ccc(Br)c(C(F)(F)F)c1.